The van der Waals surface area contributed by atoms with E-state index in [2.05, 4.69) is 24.1 Å². The first-order chi connectivity index (χ1) is 7.66. The first-order valence-corrected chi connectivity index (χ1v) is 5.49. The number of hydrogen-bond donors (Lipinski definition) is 2. The number of rotatable bonds is 2. The van der Waals surface area contributed by atoms with Gasteiger partial charge in [-0.3, -0.25) is 5.41 Å². The van der Waals surface area contributed by atoms with Crippen LogP contribution in [0, 0.1) is 5.41 Å². The molecule has 1 aromatic rings. The molecule has 0 aromatic heterocycles. The summed E-state index contributed by atoms with van der Waals surface area (Å²) in [4.78, 5) is 2.29. The smallest absolute Gasteiger partial charge is 0.122 e. The number of amidine groups is 1. The lowest BCUT2D eigenvalue weighted by atomic mass is 9.98. The van der Waals surface area contributed by atoms with Gasteiger partial charge < -0.3 is 10.6 Å². The monoisotopic (exact) mass is 215 g/mol. The van der Waals surface area contributed by atoms with E-state index in [1.54, 1.807) is 0 Å². The number of benzene rings is 1. The van der Waals surface area contributed by atoms with Gasteiger partial charge in [-0.25, -0.2) is 0 Å². The van der Waals surface area contributed by atoms with Crippen molar-refractivity contribution in [2.75, 3.05) is 20.1 Å². The minimum atomic E-state index is 0.135. The van der Waals surface area contributed by atoms with Gasteiger partial charge in [0.15, 0.2) is 0 Å². The number of likely N-dealkylation sites (N-methyl/N-ethyl adjacent to an activating group) is 1. The highest BCUT2D eigenvalue weighted by Crippen LogP contribution is 2.22. The highest BCUT2D eigenvalue weighted by atomic mass is 15.1. The average Bonchev–Trinajstić information content (AvgIpc) is 2.30. The molecule has 3 nitrogen and oxygen atoms in total. The molecule has 1 heterocycles. The van der Waals surface area contributed by atoms with Crippen molar-refractivity contribution in [1.82, 2.24) is 4.90 Å². The predicted molar refractivity (Wildman–Crippen MR) is 67.5 cm³/mol. The Morgan fingerprint density at radius 2 is 2.25 bits per heavy atom. The molecular formula is C13H17N3. The van der Waals surface area contributed by atoms with Crippen LogP contribution in [0.25, 0.3) is 5.57 Å². The number of nitrogens with zero attached hydrogens (tertiary/aromatic N) is 1. The van der Waals surface area contributed by atoms with Crippen LogP contribution in [-0.4, -0.2) is 30.9 Å². The summed E-state index contributed by atoms with van der Waals surface area (Å²) in [6.07, 6.45) is 3.32. The lowest BCUT2D eigenvalue weighted by Gasteiger charge is -2.22. The van der Waals surface area contributed by atoms with Gasteiger partial charge in [-0.15, -0.1) is 0 Å². The molecule has 0 amide bonds. The number of nitrogen functional groups attached to an aromatic ring is 1. The summed E-state index contributed by atoms with van der Waals surface area (Å²) >= 11 is 0. The highest BCUT2D eigenvalue weighted by Gasteiger charge is 2.10. The summed E-state index contributed by atoms with van der Waals surface area (Å²) in [6, 6.07) is 7.93. The van der Waals surface area contributed by atoms with Gasteiger partial charge in [0.25, 0.3) is 0 Å². The lowest BCUT2D eigenvalue weighted by molar-refractivity contribution is 0.370. The van der Waals surface area contributed by atoms with E-state index in [1.165, 1.54) is 11.1 Å². The van der Waals surface area contributed by atoms with Crippen molar-refractivity contribution in [1.29, 1.82) is 5.41 Å². The van der Waals surface area contributed by atoms with E-state index in [9.17, 15) is 0 Å². The summed E-state index contributed by atoms with van der Waals surface area (Å²) in [6.45, 7) is 2.09. The van der Waals surface area contributed by atoms with Gasteiger partial charge >= 0.3 is 0 Å². The van der Waals surface area contributed by atoms with Crippen LogP contribution in [0.1, 0.15) is 17.5 Å². The second-order valence-electron chi connectivity index (χ2n) is 4.24. The molecule has 0 spiro atoms. The maximum Gasteiger partial charge on any atom is 0.122 e. The molecule has 84 valence electrons. The largest absolute Gasteiger partial charge is 0.384 e. The Labute approximate surface area is 96.1 Å². The van der Waals surface area contributed by atoms with Crippen molar-refractivity contribution in [3.05, 3.63) is 41.5 Å². The molecule has 1 aliphatic heterocycles. The second kappa shape index (κ2) is 4.49. The quantitative estimate of drug-likeness (QED) is 0.582. The molecule has 0 saturated carbocycles. The summed E-state index contributed by atoms with van der Waals surface area (Å²) in [5.74, 6) is 0.135. The Bertz CT molecular complexity index is 435. The molecule has 0 bridgehead atoms. The Hall–Kier alpha value is -1.61. The highest BCUT2D eigenvalue weighted by molar-refractivity contribution is 5.95. The molecule has 1 aromatic carbocycles. The molecule has 3 N–H and O–H groups in total. The van der Waals surface area contributed by atoms with Gasteiger partial charge in [0.1, 0.15) is 5.84 Å². The molecular weight excluding hydrogens is 198 g/mol. The van der Waals surface area contributed by atoms with E-state index in [1.807, 2.05) is 18.2 Å². The third-order valence-corrected chi connectivity index (χ3v) is 2.96. The molecule has 3 heteroatoms. The van der Waals surface area contributed by atoms with Crippen LogP contribution >= 0.6 is 0 Å². The van der Waals surface area contributed by atoms with Crippen LogP contribution in [-0.2, 0) is 0 Å². The van der Waals surface area contributed by atoms with Crippen molar-refractivity contribution >= 4 is 11.4 Å². The molecule has 0 aliphatic carbocycles. The summed E-state index contributed by atoms with van der Waals surface area (Å²) < 4.78 is 0. The topological polar surface area (TPSA) is 53.1 Å². The zero-order valence-electron chi connectivity index (χ0n) is 9.53. The molecule has 0 atom stereocenters. The minimum absolute atomic E-state index is 0.135. The van der Waals surface area contributed by atoms with Gasteiger partial charge in [-0.05, 0) is 30.7 Å². The number of nitrogens with two attached hydrogens (primary N) is 1. The van der Waals surface area contributed by atoms with Gasteiger partial charge in [0.2, 0.25) is 0 Å². The molecule has 0 saturated heterocycles. The van der Waals surface area contributed by atoms with Crippen LogP contribution in [0.5, 0.6) is 0 Å². The molecule has 2 rings (SSSR count). The Morgan fingerprint density at radius 3 is 2.88 bits per heavy atom. The number of hydrogen-bond acceptors (Lipinski definition) is 2. The van der Waals surface area contributed by atoms with Crippen LogP contribution in [0.2, 0.25) is 0 Å². The molecule has 16 heavy (non-hydrogen) atoms. The average molecular weight is 215 g/mol. The maximum atomic E-state index is 7.43. The van der Waals surface area contributed by atoms with Crippen LogP contribution in [0.3, 0.4) is 0 Å². The van der Waals surface area contributed by atoms with Crippen molar-refractivity contribution in [2.45, 2.75) is 6.42 Å². The van der Waals surface area contributed by atoms with Crippen LogP contribution in [0.4, 0.5) is 0 Å². The van der Waals surface area contributed by atoms with E-state index in [0.29, 0.717) is 0 Å². The van der Waals surface area contributed by atoms with Gasteiger partial charge in [0, 0.05) is 18.7 Å². The SMILES string of the molecule is CN1CC=C(c2cccc(C(=N)N)c2)CC1. The van der Waals surface area contributed by atoms with Gasteiger partial charge in [-0.1, -0.05) is 24.3 Å². The van der Waals surface area contributed by atoms with Gasteiger partial charge in [-0.2, -0.15) is 0 Å². The first-order valence-electron chi connectivity index (χ1n) is 5.49. The summed E-state index contributed by atoms with van der Waals surface area (Å²) in [5, 5.41) is 7.43. The Kier molecular flexibility index (Phi) is 3.06. The molecule has 1 aliphatic rings. The molecule has 0 radical (unpaired) electrons. The van der Waals surface area contributed by atoms with E-state index < -0.39 is 0 Å². The molecule has 0 fully saturated rings. The summed E-state index contributed by atoms with van der Waals surface area (Å²) in [7, 11) is 2.12. The van der Waals surface area contributed by atoms with E-state index in [4.69, 9.17) is 11.1 Å². The second-order valence-corrected chi connectivity index (χ2v) is 4.24. The van der Waals surface area contributed by atoms with E-state index in [-0.39, 0.29) is 5.84 Å². The van der Waals surface area contributed by atoms with Crippen molar-refractivity contribution < 1.29 is 0 Å². The third kappa shape index (κ3) is 2.31. The van der Waals surface area contributed by atoms with Crippen LogP contribution < -0.4 is 5.73 Å². The van der Waals surface area contributed by atoms with Crippen LogP contribution in [0.15, 0.2) is 30.3 Å². The van der Waals surface area contributed by atoms with E-state index in [0.717, 1.165) is 25.1 Å². The first kappa shape index (κ1) is 10.9. The zero-order valence-corrected chi connectivity index (χ0v) is 9.53. The standard InChI is InChI=1S/C13H17N3/c1-16-7-5-10(6-8-16)11-3-2-4-12(9-11)13(14)15/h2-5,9H,6-8H2,1H3,(H3,14,15). The van der Waals surface area contributed by atoms with E-state index >= 15 is 0 Å². The zero-order chi connectivity index (χ0) is 11.5. The lowest BCUT2D eigenvalue weighted by Crippen LogP contribution is -2.23. The predicted octanol–water partition coefficient (Wildman–Crippen LogP) is 1.69. The fourth-order valence-corrected chi connectivity index (χ4v) is 1.92. The Morgan fingerprint density at radius 1 is 1.44 bits per heavy atom. The fourth-order valence-electron chi connectivity index (χ4n) is 1.92. The van der Waals surface area contributed by atoms with Crippen molar-refractivity contribution in [2.24, 2.45) is 5.73 Å². The number of nitrogens with one attached hydrogen (secondary N) is 1. The van der Waals surface area contributed by atoms with Crippen molar-refractivity contribution in [3.63, 3.8) is 0 Å². The van der Waals surface area contributed by atoms with Crippen molar-refractivity contribution in [3.8, 4) is 0 Å². The normalized spacial score (nSPS) is 16.9. The minimum Gasteiger partial charge on any atom is -0.384 e. The maximum absolute atomic E-state index is 7.43. The Balaban J connectivity index is 2.27. The van der Waals surface area contributed by atoms with Gasteiger partial charge in [0.05, 0.1) is 0 Å². The molecule has 0 unspecified atom stereocenters. The fraction of sp³-hybridized carbons (Fsp3) is 0.308. The third-order valence-electron chi connectivity index (χ3n) is 2.96. The summed E-state index contributed by atoms with van der Waals surface area (Å²) in [5.41, 5.74) is 8.85.